The van der Waals surface area contributed by atoms with E-state index < -0.39 is 11.7 Å². The van der Waals surface area contributed by atoms with Crippen LogP contribution >= 0.6 is 27.3 Å². The third kappa shape index (κ3) is 4.08. The van der Waals surface area contributed by atoms with Gasteiger partial charge in [0.25, 0.3) is 0 Å². The second-order valence-electron chi connectivity index (χ2n) is 4.33. The lowest BCUT2D eigenvalue weighted by Gasteiger charge is -2.19. The van der Waals surface area contributed by atoms with Gasteiger partial charge in [0.15, 0.2) is 0 Å². The molecular weight excluding hydrogens is 369 g/mol. The maximum atomic E-state index is 12.9. The summed E-state index contributed by atoms with van der Waals surface area (Å²) >= 11 is 4.85. The van der Waals surface area contributed by atoms with Crippen molar-refractivity contribution in [2.75, 3.05) is 17.4 Å². The van der Waals surface area contributed by atoms with E-state index in [9.17, 15) is 13.2 Å². The fourth-order valence-corrected chi connectivity index (χ4v) is 3.20. The van der Waals surface area contributed by atoms with Gasteiger partial charge in [-0.05, 0) is 34.1 Å². The first-order chi connectivity index (χ1) is 9.79. The first kappa shape index (κ1) is 16.1. The minimum atomic E-state index is -4.45. The van der Waals surface area contributed by atoms with Crippen molar-refractivity contribution in [3.8, 4) is 0 Å². The van der Waals surface area contributed by atoms with E-state index in [4.69, 9.17) is 5.84 Å². The number of anilines is 2. The predicted octanol–water partition coefficient (Wildman–Crippen LogP) is 3.85. The van der Waals surface area contributed by atoms with Gasteiger partial charge in [0.1, 0.15) is 11.6 Å². The van der Waals surface area contributed by atoms with Gasteiger partial charge in [0.2, 0.25) is 0 Å². The van der Waals surface area contributed by atoms with E-state index in [1.54, 1.807) is 11.9 Å². The van der Waals surface area contributed by atoms with Crippen LogP contribution in [-0.4, -0.2) is 12.0 Å². The maximum Gasteiger partial charge on any atom is 0.416 e. The molecule has 2 aromatic heterocycles. The van der Waals surface area contributed by atoms with Crippen molar-refractivity contribution < 1.29 is 13.2 Å². The highest BCUT2D eigenvalue weighted by atomic mass is 79.9. The molecule has 0 aliphatic heterocycles. The number of hydrogen-bond acceptors (Lipinski definition) is 5. The summed E-state index contributed by atoms with van der Waals surface area (Å²) in [5.74, 6) is 5.35. The Hall–Kier alpha value is -1.32. The van der Waals surface area contributed by atoms with Crippen LogP contribution in [0.15, 0.2) is 28.1 Å². The fraction of sp³-hybridized carbons (Fsp3) is 0.250. The van der Waals surface area contributed by atoms with E-state index in [1.165, 1.54) is 11.3 Å². The second kappa shape index (κ2) is 6.20. The van der Waals surface area contributed by atoms with Gasteiger partial charge >= 0.3 is 6.18 Å². The van der Waals surface area contributed by atoms with Crippen molar-refractivity contribution in [3.63, 3.8) is 0 Å². The molecule has 0 aromatic carbocycles. The van der Waals surface area contributed by atoms with E-state index in [1.807, 2.05) is 11.4 Å². The lowest BCUT2D eigenvalue weighted by molar-refractivity contribution is -0.137. The Morgan fingerprint density at radius 2 is 2.10 bits per heavy atom. The minimum absolute atomic E-state index is 0.0287. The molecule has 2 heterocycles. The van der Waals surface area contributed by atoms with Gasteiger partial charge in [-0.3, -0.25) is 0 Å². The summed E-state index contributed by atoms with van der Waals surface area (Å²) in [6.07, 6.45) is -4.45. The van der Waals surface area contributed by atoms with Gasteiger partial charge in [-0.2, -0.15) is 13.2 Å². The molecule has 2 rings (SSSR count). The van der Waals surface area contributed by atoms with Gasteiger partial charge in [-0.15, -0.1) is 11.3 Å². The van der Waals surface area contributed by atoms with Crippen molar-refractivity contribution in [2.24, 2.45) is 5.84 Å². The highest BCUT2D eigenvalue weighted by Crippen LogP contribution is 2.33. The molecule has 0 fully saturated rings. The van der Waals surface area contributed by atoms with Crippen molar-refractivity contribution in [1.82, 2.24) is 4.98 Å². The molecule has 0 unspecified atom stereocenters. The zero-order chi connectivity index (χ0) is 15.6. The Labute approximate surface area is 131 Å². The number of nitrogens with one attached hydrogen (secondary N) is 1. The van der Waals surface area contributed by atoms with Crippen LogP contribution in [0, 0.1) is 0 Å². The average Bonchev–Trinajstić information content (AvgIpc) is 2.82. The normalized spacial score (nSPS) is 11.5. The number of hydrogen-bond donors (Lipinski definition) is 2. The molecule has 0 bridgehead atoms. The average molecular weight is 381 g/mol. The number of halogens is 4. The molecule has 0 aliphatic carbocycles. The van der Waals surface area contributed by atoms with Crippen LogP contribution in [-0.2, 0) is 12.7 Å². The number of nitrogens with zero attached hydrogens (tertiary/aromatic N) is 2. The molecule has 4 nitrogen and oxygen atoms in total. The summed E-state index contributed by atoms with van der Waals surface area (Å²) < 4.78 is 39.5. The second-order valence-corrected chi connectivity index (χ2v) is 6.24. The lowest BCUT2D eigenvalue weighted by Crippen LogP contribution is -2.20. The number of alkyl halides is 3. The number of aromatic nitrogens is 1. The molecule has 114 valence electrons. The van der Waals surface area contributed by atoms with Crippen LogP contribution in [0.2, 0.25) is 0 Å². The van der Waals surface area contributed by atoms with Gasteiger partial charge in [0, 0.05) is 21.8 Å². The van der Waals surface area contributed by atoms with E-state index in [-0.39, 0.29) is 11.6 Å². The number of hydrazine groups is 1. The zero-order valence-electron chi connectivity index (χ0n) is 10.9. The molecule has 0 radical (unpaired) electrons. The molecule has 9 heteroatoms. The van der Waals surface area contributed by atoms with Crippen LogP contribution in [0.3, 0.4) is 0 Å². The topological polar surface area (TPSA) is 54.2 Å². The number of pyridine rings is 1. The van der Waals surface area contributed by atoms with Crippen molar-refractivity contribution in [2.45, 2.75) is 12.7 Å². The smallest absolute Gasteiger partial charge is 0.354 e. The van der Waals surface area contributed by atoms with E-state index in [0.717, 1.165) is 21.5 Å². The fourth-order valence-electron chi connectivity index (χ4n) is 1.70. The van der Waals surface area contributed by atoms with E-state index >= 15 is 0 Å². The van der Waals surface area contributed by atoms with Crippen molar-refractivity contribution in [3.05, 3.63) is 38.5 Å². The standard InChI is InChI=1S/C12H12BrF3N4S/c1-20(5-9-4-8(13)6-21-9)11-3-7(12(14,15)16)2-10(18-11)19-17/h2-4,6H,5,17H2,1H3,(H,18,19). The van der Waals surface area contributed by atoms with Gasteiger partial charge in [0.05, 0.1) is 12.1 Å². The van der Waals surface area contributed by atoms with Crippen LogP contribution in [0.5, 0.6) is 0 Å². The van der Waals surface area contributed by atoms with Gasteiger partial charge in [-0.1, -0.05) is 0 Å². The van der Waals surface area contributed by atoms with E-state index in [2.05, 4.69) is 26.3 Å². The molecule has 0 saturated heterocycles. The number of nitrogen functional groups attached to an aromatic ring is 1. The Kier molecular flexibility index (Phi) is 4.74. The van der Waals surface area contributed by atoms with Crippen LogP contribution in [0.1, 0.15) is 10.4 Å². The zero-order valence-corrected chi connectivity index (χ0v) is 13.3. The SMILES string of the molecule is CN(Cc1cc(Br)cs1)c1cc(C(F)(F)F)cc(NN)n1. The first-order valence-corrected chi connectivity index (χ1v) is 7.47. The third-order valence-electron chi connectivity index (χ3n) is 2.69. The van der Waals surface area contributed by atoms with Crippen LogP contribution in [0.25, 0.3) is 0 Å². The van der Waals surface area contributed by atoms with Crippen molar-refractivity contribution in [1.29, 1.82) is 0 Å². The monoisotopic (exact) mass is 380 g/mol. The highest BCUT2D eigenvalue weighted by Gasteiger charge is 2.32. The molecule has 0 atom stereocenters. The molecule has 0 amide bonds. The molecule has 2 aromatic rings. The Morgan fingerprint density at radius 1 is 1.38 bits per heavy atom. The molecule has 3 N–H and O–H groups in total. The summed E-state index contributed by atoms with van der Waals surface area (Å²) in [4.78, 5) is 6.69. The molecule has 0 spiro atoms. The Bertz CT molecular complexity index is 629. The van der Waals surface area contributed by atoms with Crippen LogP contribution in [0.4, 0.5) is 24.8 Å². The minimum Gasteiger partial charge on any atom is -0.354 e. The summed E-state index contributed by atoms with van der Waals surface area (Å²) in [7, 11) is 1.68. The van der Waals surface area contributed by atoms with Crippen molar-refractivity contribution >= 4 is 38.9 Å². The maximum absolute atomic E-state index is 12.9. The quantitative estimate of drug-likeness (QED) is 0.624. The predicted molar refractivity (Wildman–Crippen MR) is 81.2 cm³/mol. The largest absolute Gasteiger partial charge is 0.416 e. The summed E-state index contributed by atoms with van der Waals surface area (Å²) in [6, 6.07) is 3.79. The molecule has 0 saturated carbocycles. The Balaban J connectivity index is 2.29. The van der Waals surface area contributed by atoms with Gasteiger partial charge in [-0.25, -0.2) is 10.8 Å². The number of rotatable bonds is 4. The number of thiophene rings is 1. The molecular formula is C12H12BrF3N4S. The molecule has 21 heavy (non-hydrogen) atoms. The Morgan fingerprint density at radius 3 is 2.62 bits per heavy atom. The lowest BCUT2D eigenvalue weighted by atomic mass is 10.2. The molecule has 0 aliphatic rings. The van der Waals surface area contributed by atoms with E-state index in [0.29, 0.717) is 6.54 Å². The first-order valence-electron chi connectivity index (χ1n) is 5.79. The van der Waals surface area contributed by atoms with Crippen LogP contribution < -0.4 is 16.2 Å². The van der Waals surface area contributed by atoms with Gasteiger partial charge < -0.3 is 10.3 Å². The highest BCUT2D eigenvalue weighted by molar-refractivity contribution is 9.10. The third-order valence-corrected chi connectivity index (χ3v) is 4.38. The number of nitrogens with two attached hydrogens (primary N) is 1. The summed E-state index contributed by atoms with van der Waals surface area (Å²) in [5.41, 5.74) is 1.37. The summed E-state index contributed by atoms with van der Waals surface area (Å²) in [6.45, 7) is 0.453. The summed E-state index contributed by atoms with van der Waals surface area (Å²) in [5, 5.41) is 1.91.